The zero-order chi connectivity index (χ0) is 16.0. The van der Waals surface area contributed by atoms with Gasteiger partial charge in [-0.05, 0) is 23.0 Å². The van der Waals surface area contributed by atoms with Gasteiger partial charge in [0, 0.05) is 24.8 Å². The Balaban J connectivity index is 2.29. The predicted octanol–water partition coefficient (Wildman–Crippen LogP) is 2.80. The molecule has 0 unspecified atom stereocenters. The molecule has 1 amide bonds. The zero-order valence-electron chi connectivity index (χ0n) is 13.0. The Kier molecular flexibility index (Phi) is 3.43. The molecule has 0 radical (unpaired) electrons. The van der Waals surface area contributed by atoms with Crippen LogP contribution in [0.15, 0.2) is 18.2 Å². The Labute approximate surface area is 124 Å². The van der Waals surface area contributed by atoms with Crippen molar-refractivity contribution in [3.05, 3.63) is 33.9 Å². The van der Waals surface area contributed by atoms with Crippen molar-refractivity contribution in [2.24, 2.45) is 10.8 Å². The number of rotatable bonds is 4. The van der Waals surface area contributed by atoms with E-state index in [4.69, 9.17) is 0 Å². The van der Waals surface area contributed by atoms with E-state index in [-0.39, 0.29) is 28.1 Å². The van der Waals surface area contributed by atoms with Crippen LogP contribution in [0.3, 0.4) is 0 Å². The van der Waals surface area contributed by atoms with Crippen molar-refractivity contribution >= 4 is 17.3 Å². The van der Waals surface area contributed by atoms with Gasteiger partial charge < -0.3 is 10.6 Å². The summed E-state index contributed by atoms with van der Waals surface area (Å²) in [5.41, 5.74) is 0.545. The van der Waals surface area contributed by atoms with Crippen molar-refractivity contribution < 1.29 is 9.72 Å². The molecule has 1 aromatic carbocycles. The molecule has 0 bridgehead atoms. The van der Waals surface area contributed by atoms with E-state index < -0.39 is 10.8 Å². The molecule has 1 aromatic rings. The first-order chi connectivity index (χ1) is 9.62. The topological polar surface area (TPSA) is 84.3 Å². The van der Waals surface area contributed by atoms with E-state index in [0.717, 1.165) is 0 Å². The Morgan fingerprint density at radius 2 is 1.81 bits per heavy atom. The molecule has 21 heavy (non-hydrogen) atoms. The van der Waals surface area contributed by atoms with Crippen molar-refractivity contribution in [1.29, 1.82) is 0 Å². The highest BCUT2D eigenvalue weighted by Gasteiger charge is 2.65. The van der Waals surface area contributed by atoms with E-state index >= 15 is 0 Å². The zero-order valence-corrected chi connectivity index (χ0v) is 13.0. The first kappa shape index (κ1) is 15.3. The van der Waals surface area contributed by atoms with Crippen molar-refractivity contribution in [3.63, 3.8) is 0 Å². The SMILES string of the molecule is CNc1ccc([N+](=O)[O-])c(C(=O)NC2C(C)(C)C2(C)C)c1. The van der Waals surface area contributed by atoms with E-state index in [1.54, 1.807) is 13.1 Å². The van der Waals surface area contributed by atoms with Gasteiger partial charge in [0.1, 0.15) is 5.56 Å². The van der Waals surface area contributed by atoms with Gasteiger partial charge >= 0.3 is 0 Å². The van der Waals surface area contributed by atoms with E-state index in [1.165, 1.54) is 12.1 Å². The fourth-order valence-corrected chi connectivity index (χ4v) is 2.80. The van der Waals surface area contributed by atoms with E-state index in [1.807, 2.05) is 0 Å². The van der Waals surface area contributed by atoms with Gasteiger partial charge in [-0.25, -0.2) is 0 Å². The first-order valence-electron chi connectivity index (χ1n) is 6.90. The van der Waals surface area contributed by atoms with Crippen molar-refractivity contribution in [2.75, 3.05) is 12.4 Å². The minimum atomic E-state index is -0.530. The van der Waals surface area contributed by atoms with Gasteiger partial charge in [-0.2, -0.15) is 0 Å². The summed E-state index contributed by atoms with van der Waals surface area (Å²) in [7, 11) is 1.70. The van der Waals surface area contributed by atoms with Crippen LogP contribution in [0.5, 0.6) is 0 Å². The monoisotopic (exact) mass is 291 g/mol. The Morgan fingerprint density at radius 3 is 2.24 bits per heavy atom. The molecule has 1 aliphatic carbocycles. The fraction of sp³-hybridized carbons (Fsp3) is 0.533. The molecule has 114 valence electrons. The molecular formula is C15H21N3O3. The molecule has 6 heteroatoms. The van der Waals surface area contributed by atoms with Crippen LogP contribution in [0.25, 0.3) is 0 Å². The normalized spacial score (nSPS) is 18.9. The molecular weight excluding hydrogens is 270 g/mol. The molecule has 1 aliphatic rings. The van der Waals surface area contributed by atoms with Crippen LogP contribution in [-0.4, -0.2) is 23.9 Å². The highest BCUT2D eigenvalue weighted by Crippen LogP contribution is 2.62. The lowest BCUT2D eigenvalue weighted by Crippen LogP contribution is -2.30. The van der Waals surface area contributed by atoms with E-state index in [9.17, 15) is 14.9 Å². The van der Waals surface area contributed by atoms with Gasteiger partial charge in [0.05, 0.1) is 4.92 Å². The number of carbonyl (C=O) groups excluding carboxylic acids is 1. The second-order valence-corrected chi connectivity index (χ2v) is 6.59. The summed E-state index contributed by atoms with van der Waals surface area (Å²) < 4.78 is 0. The third-order valence-corrected chi connectivity index (χ3v) is 5.02. The summed E-state index contributed by atoms with van der Waals surface area (Å²) in [6.07, 6.45) is 0. The number of hydrogen-bond acceptors (Lipinski definition) is 4. The van der Waals surface area contributed by atoms with Crippen molar-refractivity contribution in [2.45, 2.75) is 33.7 Å². The summed E-state index contributed by atoms with van der Waals surface area (Å²) in [6.45, 7) is 8.32. The molecule has 1 fully saturated rings. The van der Waals surface area contributed by atoms with E-state index in [2.05, 4.69) is 38.3 Å². The van der Waals surface area contributed by atoms with Crippen LogP contribution >= 0.6 is 0 Å². The van der Waals surface area contributed by atoms with Crippen molar-refractivity contribution in [3.8, 4) is 0 Å². The maximum absolute atomic E-state index is 12.4. The summed E-state index contributed by atoms with van der Waals surface area (Å²) in [4.78, 5) is 23.0. The molecule has 0 aliphatic heterocycles. The third kappa shape index (κ3) is 2.34. The lowest BCUT2D eigenvalue weighted by atomic mass is 10.0. The largest absolute Gasteiger partial charge is 0.388 e. The fourth-order valence-electron chi connectivity index (χ4n) is 2.80. The maximum atomic E-state index is 12.4. The lowest BCUT2D eigenvalue weighted by molar-refractivity contribution is -0.385. The maximum Gasteiger partial charge on any atom is 0.282 e. The second kappa shape index (κ2) is 4.72. The quantitative estimate of drug-likeness (QED) is 0.660. The number of amides is 1. The van der Waals surface area contributed by atoms with Gasteiger partial charge in [0.15, 0.2) is 0 Å². The Bertz CT molecular complexity index is 594. The van der Waals surface area contributed by atoms with Gasteiger partial charge in [-0.1, -0.05) is 27.7 Å². The number of benzene rings is 1. The average Bonchev–Trinajstić information content (AvgIpc) is 2.80. The van der Waals surface area contributed by atoms with Gasteiger partial charge in [0.2, 0.25) is 0 Å². The van der Waals surface area contributed by atoms with Crippen molar-refractivity contribution in [1.82, 2.24) is 5.32 Å². The first-order valence-corrected chi connectivity index (χ1v) is 6.90. The molecule has 0 atom stereocenters. The van der Waals surface area contributed by atoms with Gasteiger partial charge in [-0.3, -0.25) is 14.9 Å². The predicted molar refractivity (Wildman–Crippen MR) is 81.5 cm³/mol. The third-order valence-electron chi connectivity index (χ3n) is 5.02. The highest BCUT2D eigenvalue weighted by atomic mass is 16.6. The molecule has 0 spiro atoms. The van der Waals surface area contributed by atoms with E-state index in [0.29, 0.717) is 5.69 Å². The van der Waals surface area contributed by atoms with Gasteiger partial charge in [-0.15, -0.1) is 0 Å². The Hall–Kier alpha value is -2.11. The molecule has 0 heterocycles. The summed E-state index contributed by atoms with van der Waals surface area (Å²) in [5, 5.41) is 16.9. The molecule has 0 aromatic heterocycles. The minimum absolute atomic E-state index is 0.00958. The average molecular weight is 291 g/mol. The molecule has 2 rings (SSSR count). The molecule has 1 saturated carbocycles. The van der Waals surface area contributed by atoms with Crippen LogP contribution in [-0.2, 0) is 0 Å². The molecule has 6 nitrogen and oxygen atoms in total. The number of nitro benzene ring substituents is 1. The number of nitrogens with one attached hydrogen (secondary N) is 2. The summed E-state index contributed by atoms with van der Waals surface area (Å²) >= 11 is 0. The standard InChI is InChI=1S/C15H21N3O3/c1-14(2)13(15(14,3)4)17-12(19)10-8-9(16-5)6-7-11(10)18(20)21/h6-8,13,16H,1-5H3,(H,17,19). The number of carbonyl (C=O) groups is 1. The molecule has 0 saturated heterocycles. The second-order valence-electron chi connectivity index (χ2n) is 6.59. The lowest BCUT2D eigenvalue weighted by Gasteiger charge is -2.09. The highest BCUT2D eigenvalue weighted by molar-refractivity contribution is 5.99. The molecule has 2 N–H and O–H groups in total. The van der Waals surface area contributed by atoms with Crippen LogP contribution in [0.1, 0.15) is 38.1 Å². The number of anilines is 1. The van der Waals surface area contributed by atoms with Crippen LogP contribution < -0.4 is 10.6 Å². The number of nitro groups is 1. The van der Waals surface area contributed by atoms with Crippen LogP contribution in [0, 0.1) is 20.9 Å². The number of hydrogen-bond donors (Lipinski definition) is 2. The summed E-state index contributed by atoms with van der Waals surface area (Å²) in [6, 6.07) is 4.45. The van der Waals surface area contributed by atoms with Crippen LogP contribution in [0.4, 0.5) is 11.4 Å². The minimum Gasteiger partial charge on any atom is -0.388 e. The Morgan fingerprint density at radius 1 is 1.24 bits per heavy atom. The smallest absolute Gasteiger partial charge is 0.282 e. The summed E-state index contributed by atoms with van der Waals surface area (Å²) in [5.74, 6) is -0.401. The van der Waals surface area contributed by atoms with Crippen LogP contribution in [0.2, 0.25) is 0 Å². The number of nitrogens with zero attached hydrogens (tertiary/aromatic N) is 1. The van der Waals surface area contributed by atoms with Gasteiger partial charge in [0.25, 0.3) is 11.6 Å².